The molecule has 0 unspecified atom stereocenters. The minimum absolute atomic E-state index is 0.223. The lowest BCUT2D eigenvalue weighted by atomic mass is 10.3. The second-order valence-corrected chi connectivity index (χ2v) is 3.97. The molecule has 0 aliphatic rings. The fourth-order valence-corrected chi connectivity index (χ4v) is 1.57. The van der Waals surface area contributed by atoms with Gasteiger partial charge in [0, 0.05) is 23.8 Å². The van der Waals surface area contributed by atoms with Crippen LogP contribution >= 0.6 is 11.6 Å². The Balaban J connectivity index is 2.06. The van der Waals surface area contributed by atoms with E-state index in [-0.39, 0.29) is 11.6 Å². The number of aromatic nitrogens is 4. The largest absolute Gasteiger partial charge is 0.481 e. The van der Waals surface area contributed by atoms with Crippen molar-refractivity contribution in [1.29, 1.82) is 0 Å². The Bertz CT molecular complexity index is 572. The maximum absolute atomic E-state index is 11.9. The molecular weight excluding hydrogens is 270 g/mol. The second kappa shape index (κ2) is 6.14. The quantitative estimate of drug-likeness (QED) is 0.832. The Morgan fingerprint density at radius 2 is 2.42 bits per heavy atom. The smallest absolute Gasteiger partial charge is 0.277 e. The van der Waals surface area contributed by atoms with E-state index in [0.717, 1.165) is 0 Å². The van der Waals surface area contributed by atoms with Crippen molar-refractivity contribution in [3.63, 3.8) is 0 Å². The van der Waals surface area contributed by atoms with Crippen molar-refractivity contribution in [2.24, 2.45) is 0 Å². The zero-order valence-corrected chi connectivity index (χ0v) is 11.0. The lowest BCUT2D eigenvalue weighted by Gasteiger charge is -2.04. The van der Waals surface area contributed by atoms with Gasteiger partial charge >= 0.3 is 0 Å². The average molecular weight is 282 g/mol. The van der Waals surface area contributed by atoms with Crippen molar-refractivity contribution >= 4 is 23.2 Å². The van der Waals surface area contributed by atoms with E-state index >= 15 is 0 Å². The monoisotopic (exact) mass is 281 g/mol. The van der Waals surface area contributed by atoms with E-state index in [1.807, 2.05) is 0 Å². The average Bonchev–Trinajstić information content (AvgIpc) is 2.88. The fourth-order valence-electron chi connectivity index (χ4n) is 1.39. The number of nitrogens with zero attached hydrogens (tertiary/aromatic N) is 4. The van der Waals surface area contributed by atoms with Crippen LogP contribution in [0.25, 0.3) is 0 Å². The summed E-state index contributed by atoms with van der Waals surface area (Å²) >= 11 is 5.58. The van der Waals surface area contributed by atoms with Gasteiger partial charge in [-0.05, 0) is 6.07 Å². The van der Waals surface area contributed by atoms with E-state index < -0.39 is 0 Å². The number of rotatable bonds is 5. The number of halogens is 1. The molecule has 0 saturated heterocycles. The summed E-state index contributed by atoms with van der Waals surface area (Å²) in [6, 6.07) is 3.27. The minimum Gasteiger partial charge on any atom is -0.481 e. The summed E-state index contributed by atoms with van der Waals surface area (Å²) in [5.41, 5.74) is 0.796. The molecule has 2 aromatic rings. The fraction of sp³-hybridized carbons (Fsp3) is 0.273. The number of anilines is 1. The molecule has 0 bridgehead atoms. The van der Waals surface area contributed by atoms with Gasteiger partial charge in [-0.2, -0.15) is 0 Å². The van der Waals surface area contributed by atoms with Gasteiger partial charge in [-0.25, -0.2) is 4.98 Å². The number of aryl methyl sites for hydroxylation is 1. The number of methoxy groups -OCH3 is 1. The van der Waals surface area contributed by atoms with Crippen molar-refractivity contribution in [2.75, 3.05) is 18.3 Å². The normalized spacial score (nSPS) is 10.2. The number of carbonyl (C=O) groups is 1. The number of hydrogen-bond donors (Lipinski definition) is 1. The van der Waals surface area contributed by atoms with Crippen LogP contribution < -0.4 is 10.1 Å². The molecule has 2 rings (SSSR count). The molecule has 0 aromatic carbocycles. The summed E-state index contributed by atoms with van der Waals surface area (Å²) in [7, 11) is 1.51. The Labute approximate surface area is 114 Å². The zero-order chi connectivity index (χ0) is 13.7. The predicted molar refractivity (Wildman–Crippen MR) is 69.5 cm³/mol. The zero-order valence-electron chi connectivity index (χ0n) is 10.2. The van der Waals surface area contributed by atoms with Crippen LogP contribution in [-0.4, -0.2) is 38.9 Å². The molecular formula is C11H12ClN5O2. The predicted octanol–water partition coefficient (Wildman–Crippen LogP) is 1.17. The number of nitrogens with one attached hydrogen (secondary N) is 1. The molecule has 0 atom stereocenters. The van der Waals surface area contributed by atoms with Gasteiger partial charge in [-0.3, -0.25) is 9.48 Å². The van der Waals surface area contributed by atoms with Crippen LogP contribution in [0.4, 0.5) is 5.69 Å². The molecule has 2 heterocycles. The summed E-state index contributed by atoms with van der Waals surface area (Å²) < 4.78 is 6.48. The number of pyridine rings is 1. The summed E-state index contributed by atoms with van der Waals surface area (Å²) in [6.07, 6.45) is 3.08. The van der Waals surface area contributed by atoms with E-state index in [4.69, 9.17) is 16.3 Å². The van der Waals surface area contributed by atoms with E-state index in [1.54, 1.807) is 18.3 Å². The summed E-state index contributed by atoms with van der Waals surface area (Å²) in [4.78, 5) is 15.9. The third-order valence-electron chi connectivity index (χ3n) is 2.29. The van der Waals surface area contributed by atoms with Crippen molar-refractivity contribution in [3.8, 4) is 5.88 Å². The number of hydrogen-bond acceptors (Lipinski definition) is 5. The third kappa shape index (κ3) is 3.41. The maximum atomic E-state index is 11.9. The molecule has 7 nitrogen and oxygen atoms in total. The number of ether oxygens (including phenoxy) is 1. The summed E-state index contributed by atoms with van der Waals surface area (Å²) in [5.74, 6) is 0.476. The lowest BCUT2D eigenvalue weighted by Crippen LogP contribution is -2.12. The molecule has 100 valence electrons. The van der Waals surface area contributed by atoms with Gasteiger partial charge in [0.2, 0.25) is 5.88 Å². The SMILES string of the molecule is COc1cc(NC(=O)c2cn(CCCl)nn2)ccn1. The third-order valence-corrected chi connectivity index (χ3v) is 2.46. The molecule has 1 N–H and O–H groups in total. The van der Waals surface area contributed by atoms with Gasteiger partial charge in [0.25, 0.3) is 5.91 Å². The Kier molecular flexibility index (Phi) is 4.30. The molecule has 2 aromatic heterocycles. The van der Waals surface area contributed by atoms with Crippen LogP contribution in [-0.2, 0) is 6.54 Å². The molecule has 19 heavy (non-hydrogen) atoms. The number of carbonyl (C=O) groups excluding carboxylic acids is 1. The van der Waals surface area contributed by atoms with E-state index in [0.29, 0.717) is 24.0 Å². The van der Waals surface area contributed by atoms with E-state index in [2.05, 4.69) is 20.6 Å². The van der Waals surface area contributed by atoms with Crippen LogP contribution in [0.3, 0.4) is 0 Å². The standard InChI is InChI=1S/C11H12ClN5O2/c1-19-10-6-8(2-4-13-10)14-11(18)9-7-17(5-3-12)16-15-9/h2,4,6-7H,3,5H2,1H3,(H,13,14,18). The molecule has 0 saturated carbocycles. The number of alkyl halides is 1. The molecule has 0 aliphatic carbocycles. The Hall–Kier alpha value is -2.15. The summed E-state index contributed by atoms with van der Waals surface area (Å²) in [5, 5.41) is 10.2. The minimum atomic E-state index is -0.353. The van der Waals surface area contributed by atoms with Crippen LogP contribution in [0.2, 0.25) is 0 Å². The highest BCUT2D eigenvalue weighted by Crippen LogP contribution is 2.14. The van der Waals surface area contributed by atoms with Gasteiger partial charge in [0.05, 0.1) is 19.9 Å². The topological polar surface area (TPSA) is 81.9 Å². The first-order chi connectivity index (χ1) is 9.22. The number of amides is 1. The van der Waals surface area contributed by atoms with E-state index in [9.17, 15) is 4.79 Å². The molecule has 1 amide bonds. The maximum Gasteiger partial charge on any atom is 0.277 e. The summed E-state index contributed by atoms with van der Waals surface area (Å²) in [6.45, 7) is 0.505. The first kappa shape index (κ1) is 13.3. The first-order valence-electron chi connectivity index (χ1n) is 5.50. The van der Waals surface area contributed by atoms with Crippen LogP contribution in [0.5, 0.6) is 5.88 Å². The van der Waals surface area contributed by atoms with Gasteiger partial charge in [0.15, 0.2) is 5.69 Å². The van der Waals surface area contributed by atoms with Crippen molar-refractivity contribution in [2.45, 2.75) is 6.54 Å². The molecule has 0 spiro atoms. The first-order valence-corrected chi connectivity index (χ1v) is 6.04. The highest BCUT2D eigenvalue weighted by atomic mass is 35.5. The Morgan fingerprint density at radius 3 is 3.16 bits per heavy atom. The van der Waals surface area contributed by atoms with Crippen LogP contribution in [0, 0.1) is 0 Å². The van der Waals surface area contributed by atoms with Gasteiger partial charge in [0.1, 0.15) is 0 Å². The van der Waals surface area contributed by atoms with Crippen molar-refractivity contribution in [3.05, 3.63) is 30.2 Å². The van der Waals surface area contributed by atoms with Crippen LogP contribution in [0.1, 0.15) is 10.5 Å². The highest BCUT2D eigenvalue weighted by molar-refractivity contribution is 6.17. The van der Waals surface area contributed by atoms with Crippen LogP contribution in [0.15, 0.2) is 24.5 Å². The van der Waals surface area contributed by atoms with Crippen molar-refractivity contribution in [1.82, 2.24) is 20.0 Å². The van der Waals surface area contributed by atoms with Gasteiger partial charge in [-0.1, -0.05) is 5.21 Å². The molecule has 0 aliphatic heterocycles. The molecule has 0 radical (unpaired) electrons. The molecule has 0 fully saturated rings. The molecule has 8 heteroatoms. The highest BCUT2D eigenvalue weighted by Gasteiger charge is 2.11. The van der Waals surface area contributed by atoms with Gasteiger partial charge in [-0.15, -0.1) is 16.7 Å². The second-order valence-electron chi connectivity index (χ2n) is 3.60. The van der Waals surface area contributed by atoms with Crippen molar-refractivity contribution < 1.29 is 9.53 Å². The Morgan fingerprint density at radius 1 is 1.58 bits per heavy atom. The van der Waals surface area contributed by atoms with E-state index in [1.165, 1.54) is 18.0 Å². The lowest BCUT2D eigenvalue weighted by molar-refractivity contribution is 0.102. The van der Waals surface area contributed by atoms with Gasteiger partial charge < -0.3 is 10.1 Å².